The van der Waals surface area contributed by atoms with Gasteiger partial charge in [0.25, 0.3) is 5.56 Å². The minimum atomic E-state index is -0.875. The summed E-state index contributed by atoms with van der Waals surface area (Å²) in [6.45, 7) is 3.12. The third-order valence-corrected chi connectivity index (χ3v) is 5.29. The highest BCUT2D eigenvalue weighted by molar-refractivity contribution is 7.99. The molecule has 1 saturated heterocycles. The lowest BCUT2D eigenvalue weighted by Crippen LogP contribution is -2.31. The highest BCUT2D eigenvalue weighted by Crippen LogP contribution is 2.37. The summed E-state index contributed by atoms with van der Waals surface area (Å²) < 4.78 is 7.28. The van der Waals surface area contributed by atoms with E-state index in [4.69, 9.17) is 4.74 Å². The number of amides is 1. The topological polar surface area (TPSA) is 142 Å². The molecule has 0 radical (unpaired) electrons. The molecule has 11 heteroatoms. The van der Waals surface area contributed by atoms with Crippen LogP contribution in [0.2, 0.25) is 0 Å². The zero-order chi connectivity index (χ0) is 19.0. The largest absolute Gasteiger partial charge is 0.394 e. The van der Waals surface area contributed by atoms with Crippen LogP contribution in [0.25, 0.3) is 11.2 Å². The highest BCUT2D eigenvalue weighted by atomic mass is 32.2. The van der Waals surface area contributed by atoms with Crippen molar-refractivity contribution < 1.29 is 19.7 Å². The fourth-order valence-corrected chi connectivity index (χ4v) is 3.66. The van der Waals surface area contributed by atoms with Crippen LogP contribution >= 0.6 is 11.8 Å². The van der Waals surface area contributed by atoms with Gasteiger partial charge in [0, 0.05) is 5.92 Å². The molecule has 1 aliphatic heterocycles. The van der Waals surface area contributed by atoms with Crippen LogP contribution < -0.4 is 10.9 Å². The summed E-state index contributed by atoms with van der Waals surface area (Å²) in [7, 11) is 0. The van der Waals surface area contributed by atoms with Gasteiger partial charge >= 0.3 is 0 Å². The summed E-state index contributed by atoms with van der Waals surface area (Å²) in [5.41, 5.74) is -0.175. The summed E-state index contributed by atoms with van der Waals surface area (Å²) >= 11 is 1.38. The summed E-state index contributed by atoms with van der Waals surface area (Å²) in [5.74, 6) is -0.547. The quantitative estimate of drug-likeness (QED) is 0.551. The number of aromatic amines is 1. The summed E-state index contributed by atoms with van der Waals surface area (Å²) in [6.07, 6.45) is 0.945. The molecule has 0 saturated carbocycles. The van der Waals surface area contributed by atoms with E-state index in [1.165, 1.54) is 22.7 Å². The summed E-state index contributed by atoms with van der Waals surface area (Å²) in [5, 5.41) is 21.9. The Morgan fingerprint density at radius 1 is 1.54 bits per heavy atom. The van der Waals surface area contributed by atoms with Gasteiger partial charge in [0.15, 0.2) is 17.4 Å². The first-order valence-corrected chi connectivity index (χ1v) is 9.41. The van der Waals surface area contributed by atoms with E-state index in [0.29, 0.717) is 0 Å². The van der Waals surface area contributed by atoms with Gasteiger partial charge in [0.05, 0.1) is 24.3 Å². The van der Waals surface area contributed by atoms with Crippen molar-refractivity contribution in [1.29, 1.82) is 0 Å². The van der Waals surface area contributed by atoms with Crippen LogP contribution in [-0.2, 0) is 9.53 Å². The smallest absolute Gasteiger partial charge is 0.280 e. The number of fused-ring (bicyclic) bond motifs is 1. The lowest BCUT2D eigenvalue weighted by Gasteiger charge is -2.19. The zero-order valence-electron chi connectivity index (χ0n) is 14.5. The molecule has 10 nitrogen and oxygen atoms in total. The van der Waals surface area contributed by atoms with Crippen molar-refractivity contribution >= 4 is 34.8 Å². The van der Waals surface area contributed by atoms with Crippen LogP contribution in [0.4, 0.5) is 5.95 Å². The molecule has 142 valence electrons. The molecule has 1 aliphatic rings. The first-order chi connectivity index (χ1) is 12.4. The molecule has 3 rings (SSSR count). The molecule has 0 spiro atoms. The monoisotopic (exact) mass is 383 g/mol. The predicted molar refractivity (Wildman–Crippen MR) is 95.9 cm³/mol. The van der Waals surface area contributed by atoms with Gasteiger partial charge in [-0.2, -0.15) is 16.7 Å². The van der Waals surface area contributed by atoms with Gasteiger partial charge in [-0.3, -0.25) is 24.5 Å². The Labute approximate surface area is 153 Å². The Morgan fingerprint density at radius 3 is 2.88 bits per heavy atom. The number of carbonyl (C=O) groups is 1. The standard InChI is InChI=1S/C15H21N5O5S/c1-6(2)12(23)18-15-17-11-8(13(24)19-15)16-5-20(11)14-10(26-3)9(22)7(4-21)25-14/h5-7,9-10,14,21-22H,4H2,1-3H3,(H2,17,18,19,23,24)/t7-,9-,10?,14-/m1/s1. The molecular formula is C15H21N5O5S. The molecule has 4 N–H and O–H groups in total. The lowest BCUT2D eigenvalue weighted by molar-refractivity contribution is -0.118. The fourth-order valence-electron chi connectivity index (χ4n) is 2.78. The number of rotatable bonds is 5. The van der Waals surface area contributed by atoms with Gasteiger partial charge in [0.1, 0.15) is 6.10 Å². The van der Waals surface area contributed by atoms with Crippen LogP contribution in [0, 0.1) is 5.92 Å². The number of nitrogens with zero attached hydrogens (tertiary/aromatic N) is 3. The van der Waals surface area contributed by atoms with Crippen molar-refractivity contribution in [1.82, 2.24) is 19.5 Å². The van der Waals surface area contributed by atoms with E-state index in [0.717, 1.165) is 0 Å². The second kappa shape index (κ2) is 7.35. The van der Waals surface area contributed by atoms with Crippen molar-refractivity contribution in [2.75, 3.05) is 18.2 Å². The van der Waals surface area contributed by atoms with Crippen LogP contribution in [0.15, 0.2) is 11.1 Å². The maximum atomic E-state index is 12.3. The second-order valence-corrected chi connectivity index (χ2v) is 7.34. The van der Waals surface area contributed by atoms with Crippen LogP contribution in [-0.4, -0.2) is 66.0 Å². The van der Waals surface area contributed by atoms with Gasteiger partial charge in [-0.05, 0) is 6.26 Å². The van der Waals surface area contributed by atoms with Crippen molar-refractivity contribution in [3.05, 3.63) is 16.7 Å². The molecule has 1 unspecified atom stereocenters. The number of hydrogen-bond acceptors (Lipinski definition) is 8. The Bertz CT molecular complexity index is 866. The first-order valence-electron chi connectivity index (χ1n) is 8.12. The van der Waals surface area contributed by atoms with E-state index >= 15 is 0 Å². The van der Waals surface area contributed by atoms with Gasteiger partial charge in [-0.1, -0.05) is 13.8 Å². The zero-order valence-corrected chi connectivity index (χ0v) is 15.4. The van der Waals surface area contributed by atoms with Gasteiger partial charge in [-0.15, -0.1) is 0 Å². The van der Waals surface area contributed by atoms with E-state index < -0.39 is 24.0 Å². The highest BCUT2D eigenvalue weighted by Gasteiger charge is 2.44. The molecule has 1 fully saturated rings. The molecule has 2 aromatic rings. The average molecular weight is 383 g/mol. The number of aromatic nitrogens is 4. The maximum Gasteiger partial charge on any atom is 0.280 e. The number of hydrogen-bond donors (Lipinski definition) is 4. The van der Waals surface area contributed by atoms with Gasteiger partial charge < -0.3 is 14.9 Å². The predicted octanol–water partition coefficient (Wildman–Crippen LogP) is -0.304. The maximum absolute atomic E-state index is 12.3. The number of aliphatic hydroxyl groups is 2. The van der Waals surface area contributed by atoms with Crippen LogP contribution in [0.5, 0.6) is 0 Å². The molecule has 0 aliphatic carbocycles. The number of imidazole rings is 1. The first kappa shape index (κ1) is 18.8. The summed E-state index contributed by atoms with van der Waals surface area (Å²) in [4.78, 5) is 35.0. The lowest BCUT2D eigenvalue weighted by atomic mass is 10.2. The molecule has 0 bridgehead atoms. The number of aliphatic hydroxyl groups excluding tert-OH is 2. The Morgan fingerprint density at radius 2 is 2.27 bits per heavy atom. The Hall–Kier alpha value is -1.95. The van der Waals surface area contributed by atoms with E-state index in [2.05, 4.69) is 20.3 Å². The SMILES string of the molecule is CSC1[C@H](n2cnc3c(=O)[nH]c(NC(=O)C(C)C)nc32)O[C@H](CO)[C@H]1O. The fraction of sp³-hybridized carbons (Fsp3) is 0.600. The third-order valence-electron chi connectivity index (χ3n) is 4.24. The normalized spacial score (nSPS) is 25.9. The number of nitrogens with one attached hydrogen (secondary N) is 2. The average Bonchev–Trinajstić information content (AvgIpc) is 3.15. The third kappa shape index (κ3) is 3.22. The molecule has 26 heavy (non-hydrogen) atoms. The van der Waals surface area contributed by atoms with Gasteiger partial charge in [-0.25, -0.2) is 4.98 Å². The Kier molecular flexibility index (Phi) is 5.32. The van der Waals surface area contributed by atoms with E-state index in [9.17, 15) is 19.8 Å². The van der Waals surface area contributed by atoms with E-state index in [1.54, 1.807) is 13.8 Å². The van der Waals surface area contributed by atoms with Crippen molar-refractivity contribution in [3.8, 4) is 0 Å². The molecule has 1 amide bonds. The van der Waals surface area contributed by atoms with Crippen molar-refractivity contribution in [3.63, 3.8) is 0 Å². The molecule has 2 aromatic heterocycles. The van der Waals surface area contributed by atoms with Crippen molar-refractivity contribution in [2.45, 2.75) is 37.5 Å². The van der Waals surface area contributed by atoms with Crippen LogP contribution in [0.3, 0.4) is 0 Å². The number of anilines is 1. The molecule has 3 heterocycles. The minimum Gasteiger partial charge on any atom is -0.394 e. The van der Waals surface area contributed by atoms with E-state index in [1.807, 2.05) is 6.26 Å². The van der Waals surface area contributed by atoms with Crippen LogP contribution in [0.1, 0.15) is 20.1 Å². The molecule has 0 aromatic carbocycles. The number of H-pyrrole nitrogens is 1. The van der Waals surface area contributed by atoms with Gasteiger partial charge in [0.2, 0.25) is 11.9 Å². The summed E-state index contributed by atoms with van der Waals surface area (Å²) in [6, 6.07) is 0. The number of carbonyl (C=O) groups excluding carboxylic acids is 1. The van der Waals surface area contributed by atoms with E-state index in [-0.39, 0.29) is 40.8 Å². The molecular weight excluding hydrogens is 362 g/mol. The van der Waals surface area contributed by atoms with Crippen molar-refractivity contribution in [2.24, 2.45) is 5.92 Å². The second-order valence-electron chi connectivity index (χ2n) is 6.32. The Balaban J connectivity index is 2.03. The number of thioether (sulfide) groups is 1. The molecule has 4 atom stereocenters. The number of ether oxygens (including phenoxy) is 1. The minimum absolute atomic E-state index is 0.0147.